The first-order chi connectivity index (χ1) is 9.18. The van der Waals surface area contributed by atoms with E-state index in [2.05, 4.69) is 0 Å². The van der Waals surface area contributed by atoms with Crippen LogP contribution in [0.5, 0.6) is 0 Å². The monoisotopic (exact) mass is 282 g/mol. The maximum atomic E-state index is 12.4. The van der Waals surface area contributed by atoms with Crippen molar-refractivity contribution in [1.29, 1.82) is 0 Å². The van der Waals surface area contributed by atoms with E-state index in [1.54, 1.807) is 4.31 Å². The fourth-order valence-electron chi connectivity index (χ4n) is 2.39. The zero-order valence-corrected chi connectivity index (χ0v) is 11.6. The minimum absolute atomic E-state index is 0.342. The zero-order valence-electron chi connectivity index (χ0n) is 10.7. The van der Waals surface area contributed by atoms with Crippen LogP contribution in [0.3, 0.4) is 0 Å². The van der Waals surface area contributed by atoms with Crippen LogP contribution in [-0.2, 0) is 21.3 Å². The molecule has 2 aliphatic heterocycles. The highest BCUT2D eigenvalue weighted by Gasteiger charge is 2.47. The third kappa shape index (κ3) is 2.81. The molecule has 2 fully saturated rings. The predicted molar refractivity (Wildman–Crippen MR) is 72.0 cm³/mol. The van der Waals surface area contributed by atoms with Crippen molar-refractivity contribution in [3.8, 4) is 0 Å². The number of morpholine rings is 1. The highest BCUT2D eigenvalue weighted by atomic mass is 32.2. The molecule has 1 aromatic carbocycles. The number of benzene rings is 1. The molecule has 2 heterocycles. The second-order valence-electron chi connectivity index (χ2n) is 4.93. The van der Waals surface area contributed by atoms with Gasteiger partial charge >= 0.3 is 0 Å². The molecule has 19 heavy (non-hydrogen) atoms. The van der Waals surface area contributed by atoms with Crippen LogP contribution in [0.4, 0.5) is 0 Å². The van der Waals surface area contributed by atoms with Crippen molar-refractivity contribution in [3.63, 3.8) is 0 Å². The summed E-state index contributed by atoms with van der Waals surface area (Å²) in [5.41, 5.74) is 1.15. The van der Waals surface area contributed by atoms with E-state index in [0.717, 1.165) is 5.56 Å². The van der Waals surface area contributed by atoms with E-state index in [9.17, 15) is 8.42 Å². The molecule has 1 aromatic rings. The summed E-state index contributed by atoms with van der Waals surface area (Å²) in [6, 6.07) is 9.97. The topological polar surface area (TPSA) is 49.6 Å². The van der Waals surface area contributed by atoms with E-state index < -0.39 is 10.0 Å². The van der Waals surface area contributed by atoms with E-state index in [-0.39, 0.29) is 5.37 Å². The molecule has 2 saturated heterocycles. The van der Waals surface area contributed by atoms with Gasteiger partial charge in [-0.2, -0.15) is 4.31 Å². The lowest BCUT2D eigenvalue weighted by Gasteiger charge is -2.26. The minimum Gasteiger partial charge on any atom is -0.379 e. The average Bonchev–Trinajstić information content (AvgIpc) is 3.21. The fourth-order valence-corrected chi connectivity index (χ4v) is 4.23. The van der Waals surface area contributed by atoms with E-state index in [1.165, 1.54) is 0 Å². The van der Waals surface area contributed by atoms with Crippen LogP contribution >= 0.6 is 0 Å². The van der Waals surface area contributed by atoms with Gasteiger partial charge in [0.25, 0.3) is 0 Å². The van der Waals surface area contributed by atoms with E-state index in [4.69, 9.17) is 4.74 Å². The molecule has 3 rings (SSSR count). The smallest absolute Gasteiger partial charge is 0.231 e. The number of ether oxygens (including phenoxy) is 1. The van der Waals surface area contributed by atoms with Crippen LogP contribution in [0.1, 0.15) is 5.56 Å². The second-order valence-corrected chi connectivity index (χ2v) is 7.02. The van der Waals surface area contributed by atoms with Gasteiger partial charge in [0.1, 0.15) is 5.37 Å². The van der Waals surface area contributed by atoms with Crippen LogP contribution in [0.15, 0.2) is 30.3 Å². The molecule has 0 aliphatic carbocycles. The standard InChI is InChI=1S/C13H18N2O3S/c16-19(17,15-6-8-18-9-7-15)13-11-14(13)10-12-4-2-1-3-5-12/h1-5,13H,6-11H2. The summed E-state index contributed by atoms with van der Waals surface area (Å²) in [7, 11) is -3.18. The average molecular weight is 282 g/mol. The van der Waals surface area contributed by atoms with Crippen LogP contribution < -0.4 is 0 Å². The van der Waals surface area contributed by atoms with Gasteiger partial charge in [-0.1, -0.05) is 30.3 Å². The Labute approximate surface area is 113 Å². The minimum atomic E-state index is -3.18. The van der Waals surface area contributed by atoms with Gasteiger partial charge in [0.2, 0.25) is 10.0 Å². The lowest BCUT2D eigenvalue weighted by atomic mass is 10.2. The molecule has 2 atom stereocenters. The number of sulfonamides is 1. The van der Waals surface area contributed by atoms with Crippen molar-refractivity contribution in [2.24, 2.45) is 0 Å². The third-order valence-corrected chi connectivity index (χ3v) is 5.79. The van der Waals surface area contributed by atoms with Gasteiger partial charge in [-0.3, -0.25) is 4.90 Å². The molecule has 0 radical (unpaired) electrons. The summed E-state index contributed by atoms with van der Waals surface area (Å²) < 4.78 is 31.5. The lowest BCUT2D eigenvalue weighted by Crippen LogP contribution is -2.43. The van der Waals surface area contributed by atoms with Gasteiger partial charge in [-0.25, -0.2) is 8.42 Å². The summed E-state index contributed by atoms with van der Waals surface area (Å²) >= 11 is 0. The van der Waals surface area contributed by atoms with Crippen molar-refractivity contribution in [3.05, 3.63) is 35.9 Å². The molecule has 0 N–H and O–H groups in total. The van der Waals surface area contributed by atoms with Crippen LogP contribution in [0.25, 0.3) is 0 Å². The maximum Gasteiger partial charge on any atom is 0.231 e. The fraction of sp³-hybridized carbons (Fsp3) is 0.538. The van der Waals surface area contributed by atoms with E-state index in [0.29, 0.717) is 39.4 Å². The normalized spacial score (nSPS) is 28.2. The summed E-state index contributed by atoms with van der Waals surface area (Å²) in [4.78, 5) is 1.99. The summed E-state index contributed by atoms with van der Waals surface area (Å²) in [5, 5.41) is -0.342. The Bertz CT molecular complexity index is 526. The van der Waals surface area contributed by atoms with Gasteiger partial charge in [0.05, 0.1) is 13.2 Å². The summed E-state index contributed by atoms with van der Waals surface area (Å²) in [6.45, 7) is 3.31. The van der Waals surface area contributed by atoms with Crippen molar-refractivity contribution >= 4 is 10.0 Å². The molecule has 0 bridgehead atoms. The first kappa shape index (κ1) is 13.1. The van der Waals surface area contributed by atoms with Crippen LogP contribution in [0, 0.1) is 0 Å². The lowest BCUT2D eigenvalue weighted by molar-refractivity contribution is 0.0727. The number of hydrogen-bond acceptors (Lipinski definition) is 4. The summed E-state index contributed by atoms with van der Waals surface area (Å²) in [6.07, 6.45) is 0. The maximum absolute atomic E-state index is 12.4. The molecule has 0 aromatic heterocycles. The second kappa shape index (κ2) is 5.20. The van der Waals surface area contributed by atoms with Crippen LogP contribution in [-0.4, -0.2) is 55.8 Å². The zero-order chi connectivity index (χ0) is 13.3. The first-order valence-electron chi connectivity index (χ1n) is 6.52. The molecule has 2 aliphatic rings. The quantitative estimate of drug-likeness (QED) is 0.754. The Morgan fingerprint density at radius 2 is 1.84 bits per heavy atom. The molecule has 0 spiro atoms. The Kier molecular flexibility index (Phi) is 3.58. The Morgan fingerprint density at radius 3 is 2.53 bits per heavy atom. The Morgan fingerprint density at radius 1 is 1.16 bits per heavy atom. The molecular formula is C13H18N2O3S. The molecule has 6 heteroatoms. The highest BCUT2D eigenvalue weighted by molar-refractivity contribution is 7.90. The third-order valence-electron chi connectivity index (χ3n) is 3.57. The first-order valence-corrected chi connectivity index (χ1v) is 8.03. The van der Waals surface area contributed by atoms with Crippen LogP contribution in [0.2, 0.25) is 0 Å². The van der Waals surface area contributed by atoms with E-state index in [1.807, 2.05) is 35.2 Å². The molecule has 104 valence electrons. The summed E-state index contributed by atoms with van der Waals surface area (Å²) in [5.74, 6) is 0. The van der Waals surface area contributed by atoms with Gasteiger partial charge in [-0.15, -0.1) is 0 Å². The van der Waals surface area contributed by atoms with Crippen molar-refractivity contribution in [2.45, 2.75) is 11.9 Å². The van der Waals surface area contributed by atoms with Gasteiger partial charge in [0, 0.05) is 26.2 Å². The molecule has 0 saturated carbocycles. The SMILES string of the molecule is O=S(=O)(C1CN1Cc1ccccc1)N1CCOCC1. The Balaban J connectivity index is 1.62. The molecule has 5 nitrogen and oxygen atoms in total. The number of hydrogen-bond donors (Lipinski definition) is 0. The van der Waals surface area contributed by atoms with Gasteiger partial charge < -0.3 is 4.74 Å². The highest BCUT2D eigenvalue weighted by Crippen LogP contribution is 2.28. The van der Waals surface area contributed by atoms with Gasteiger partial charge in [-0.05, 0) is 5.56 Å². The van der Waals surface area contributed by atoms with E-state index >= 15 is 0 Å². The molecular weight excluding hydrogens is 264 g/mol. The predicted octanol–water partition coefficient (Wildman–Crippen LogP) is 0.490. The largest absolute Gasteiger partial charge is 0.379 e. The molecule has 0 amide bonds. The number of nitrogens with zero attached hydrogens (tertiary/aromatic N) is 2. The molecule has 2 unspecified atom stereocenters. The number of rotatable bonds is 4. The van der Waals surface area contributed by atoms with Crippen molar-refractivity contribution < 1.29 is 13.2 Å². The Hall–Kier alpha value is -0.950. The van der Waals surface area contributed by atoms with Crippen molar-refractivity contribution in [2.75, 3.05) is 32.8 Å². The van der Waals surface area contributed by atoms with Gasteiger partial charge in [0.15, 0.2) is 0 Å². The van der Waals surface area contributed by atoms with Crippen molar-refractivity contribution in [1.82, 2.24) is 9.21 Å².